The highest BCUT2D eigenvalue weighted by molar-refractivity contribution is 7.99. The van der Waals surface area contributed by atoms with Crippen LogP contribution in [-0.4, -0.2) is 53.9 Å². The summed E-state index contributed by atoms with van der Waals surface area (Å²) in [4.78, 5) is 33.6. The van der Waals surface area contributed by atoms with E-state index in [1.54, 1.807) is 4.57 Å². The molecule has 4 aromatic rings. The summed E-state index contributed by atoms with van der Waals surface area (Å²) in [5, 5.41) is 0.604. The molecule has 1 N–H and O–H groups in total. The standard InChI is InChI=1S/C26H25N3O3S2/c30-22(19-7-3-1-4-8-19)18-33-26-27-21-17-23(20-9-5-2-6-10-20)34-24(21)25(31)29(26)12-11-28-13-15-32-16-14-28/h1-10,17H,11-16,18H2/p+1. The van der Waals surface area contributed by atoms with E-state index in [4.69, 9.17) is 9.72 Å². The number of carbonyl (C=O) groups is 1. The van der Waals surface area contributed by atoms with Crippen molar-refractivity contribution < 1.29 is 14.4 Å². The summed E-state index contributed by atoms with van der Waals surface area (Å²) in [5.41, 5.74) is 2.41. The second-order valence-corrected chi connectivity index (χ2v) is 10.2. The third kappa shape index (κ3) is 5.15. The first-order valence-corrected chi connectivity index (χ1v) is 13.2. The Morgan fingerprint density at radius 2 is 1.76 bits per heavy atom. The highest BCUT2D eigenvalue weighted by Crippen LogP contribution is 2.32. The van der Waals surface area contributed by atoms with E-state index in [1.807, 2.05) is 66.7 Å². The fourth-order valence-corrected chi connectivity index (χ4v) is 6.03. The number of quaternary nitrogens is 1. The zero-order chi connectivity index (χ0) is 23.3. The Labute approximate surface area is 206 Å². The summed E-state index contributed by atoms with van der Waals surface area (Å²) < 4.78 is 7.89. The lowest BCUT2D eigenvalue weighted by Crippen LogP contribution is -3.14. The Balaban J connectivity index is 1.46. The molecule has 5 rings (SSSR count). The van der Waals surface area contributed by atoms with E-state index in [0.717, 1.165) is 43.3 Å². The van der Waals surface area contributed by atoms with Crippen LogP contribution in [0.15, 0.2) is 76.7 Å². The van der Waals surface area contributed by atoms with Gasteiger partial charge < -0.3 is 9.64 Å². The number of nitrogens with zero attached hydrogens (tertiary/aromatic N) is 2. The van der Waals surface area contributed by atoms with Gasteiger partial charge in [-0.1, -0.05) is 72.4 Å². The number of hydrogen-bond donors (Lipinski definition) is 1. The molecule has 2 aromatic carbocycles. The molecule has 0 radical (unpaired) electrons. The molecule has 0 bridgehead atoms. The van der Waals surface area contributed by atoms with Gasteiger partial charge in [-0.2, -0.15) is 0 Å². The first-order valence-electron chi connectivity index (χ1n) is 11.4. The van der Waals surface area contributed by atoms with Crippen molar-refractivity contribution in [2.45, 2.75) is 11.7 Å². The average molecular weight is 493 g/mol. The molecule has 1 saturated heterocycles. The third-order valence-corrected chi connectivity index (χ3v) is 8.11. The van der Waals surface area contributed by atoms with E-state index in [-0.39, 0.29) is 17.1 Å². The molecule has 0 spiro atoms. The molecule has 0 unspecified atom stereocenters. The van der Waals surface area contributed by atoms with Gasteiger partial charge in [0, 0.05) is 10.4 Å². The first-order chi connectivity index (χ1) is 16.7. The fraction of sp³-hybridized carbons (Fsp3) is 0.269. The fourth-order valence-electron chi connectivity index (χ4n) is 4.06. The Morgan fingerprint density at radius 1 is 1.06 bits per heavy atom. The van der Waals surface area contributed by atoms with Crippen LogP contribution >= 0.6 is 23.1 Å². The first kappa shape index (κ1) is 23.0. The number of morpholine rings is 1. The van der Waals surface area contributed by atoms with Crippen molar-refractivity contribution in [2.75, 3.05) is 38.6 Å². The molecule has 8 heteroatoms. The Bertz CT molecular complexity index is 1330. The van der Waals surface area contributed by atoms with Gasteiger partial charge >= 0.3 is 0 Å². The predicted octanol–water partition coefficient (Wildman–Crippen LogP) is 3.02. The van der Waals surface area contributed by atoms with Crippen molar-refractivity contribution in [3.05, 3.63) is 82.6 Å². The highest BCUT2D eigenvalue weighted by atomic mass is 32.2. The van der Waals surface area contributed by atoms with Crippen LogP contribution in [0.3, 0.4) is 0 Å². The molecule has 34 heavy (non-hydrogen) atoms. The Morgan fingerprint density at radius 3 is 2.50 bits per heavy atom. The van der Waals surface area contributed by atoms with Crippen LogP contribution in [-0.2, 0) is 11.3 Å². The number of benzene rings is 2. The van der Waals surface area contributed by atoms with Crippen LogP contribution in [0.5, 0.6) is 0 Å². The van der Waals surface area contributed by atoms with Crippen LogP contribution in [0.4, 0.5) is 0 Å². The van der Waals surface area contributed by atoms with E-state index in [2.05, 4.69) is 0 Å². The second kappa shape index (κ2) is 10.7. The molecule has 6 nitrogen and oxygen atoms in total. The molecule has 1 aliphatic heterocycles. The van der Waals surface area contributed by atoms with Crippen LogP contribution < -0.4 is 10.5 Å². The van der Waals surface area contributed by atoms with Crippen molar-refractivity contribution in [3.8, 4) is 10.4 Å². The molecule has 0 aliphatic carbocycles. The highest BCUT2D eigenvalue weighted by Gasteiger charge is 2.19. The monoisotopic (exact) mass is 492 g/mol. The van der Waals surface area contributed by atoms with E-state index in [9.17, 15) is 9.59 Å². The predicted molar refractivity (Wildman–Crippen MR) is 137 cm³/mol. The number of rotatable bonds is 8. The molecule has 2 aromatic heterocycles. The van der Waals surface area contributed by atoms with Gasteiger partial charge in [0.1, 0.15) is 17.8 Å². The number of aromatic nitrogens is 2. The molecule has 1 aliphatic rings. The van der Waals surface area contributed by atoms with Crippen LogP contribution in [0, 0.1) is 0 Å². The van der Waals surface area contributed by atoms with Gasteiger partial charge in [0.25, 0.3) is 5.56 Å². The number of hydrogen-bond acceptors (Lipinski definition) is 6. The van der Waals surface area contributed by atoms with Gasteiger partial charge in [0.05, 0.1) is 37.6 Å². The number of Topliss-reactive ketones (excluding diaryl/α,β-unsaturated/α-hetero) is 1. The minimum absolute atomic E-state index is 0.0282. The zero-order valence-corrected chi connectivity index (χ0v) is 20.4. The van der Waals surface area contributed by atoms with Crippen LogP contribution in [0.25, 0.3) is 20.7 Å². The maximum Gasteiger partial charge on any atom is 0.272 e. The molecule has 174 valence electrons. The van der Waals surface area contributed by atoms with Crippen LogP contribution in [0.1, 0.15) is 10.4 Å². The van der Waals surface area contributed by atoms with Gasteiger partial charge in [0.2, 0.25) is 0 Å². The summed E-state index contributed by atoms with van der Waals surface area (Å²) in [6, 6.07) is 21.3. The maximum atomic E-state index is 13.6. The molecule has 1 fully saturated rings. The minimum atomic E-state index is -0.0282. The molecule has 0 atom stereocenters. The summed E-state index contributed by atoms with van der Waals surface area (Å²) in [5.74, 6) is 0.266. The lowest BCUT2D eigenvalue weighted by Gasteiger charge is -2.24. The Kier molecular flexibility index (Phi) is 7.20. The number of thioether (sulfide) groups is 1. The quantitative estimate of drug-likeness (QED) is 0.233. The van der Waals surface area contributed by atoms with Gasteiger partial charge in [-0.25, -0.2) is 4.98 Å². The topological polar surface area (TPSA) is 65.6 Å². The van der Waals surface area contributed by atoms with Gasteiger partial charge in [-0.15, -0.1) is 11.3 Å². The van der Waals surface area contributed by atoms with E-state index < -0.39 is 0 Å². The zero-order valence-electron chi connectivity index (χ0n) is 18.7. The maximum absolute atomic E-state index is 13.6. The molecular formula is C26H26N3O3S2+. The number of thiophene rings is 1. The van der Waals surface area contributed by atoms with Crippen molar-refractivity contribution >= 4 is 39.1 Å². The molecular weight excluding hydrogens is 466 g/mol. The second-order valence-electron chi connectivity index (χ2n) is 8.23. The van der Waals surface area contributed by atoms with Gasteiger partial charge in [-0.05, 0) is 11.6 Å². The largest absolute Gasteiger partial charge is 0.370 e. The number of ketones is 1. The molecule has 3 heterocycles. The lowest BCUT2D eigenvalue weighted by atomic mass is 10.2. The number of carbonyl (C=O) groups excluding carboxylic acids is 1. The van der Waals surface area contributed by atoms with Crippen molar-refractivity contribution in [3.63, 3.8) is 0 Å². The lowest BCUT2D eigenvalue weighted by molar-refractivity contribution is -0.908. The average Bonchev–Trinajstić information content (AvgIpc) is 3.33. The van der Waals surface area contributed by atoms with Gasteiger partial charge in [-0.3, -0.25) is 14.2 Å². The van der Waals surface area contributed by atoms with E-state index in [1.165, 1.54) is 28.0 Å². The Hall–Kier alpha value is -2.78. The minimum Gasteiger partial charge on any atom is -0.370 e. The normalized spacial score (nSPS) is 14.5. The van der Waals surface area contributed by atoms with Crippen molar-refractivity contribution in [2.24, 2.45) is 0 Å². The summed E-state index contributed by atoms with van der Waals surface area (Å²) in [6.07, 6.45) is 0. The van der Waals surface area contributed by atoms with Crippen molar-refractivity contribution in [1.82, 2.24) is 9.55 Å². The SMILES string of the molecule is O=C(CSc1nc2cc(-c3ccccc3)sc2c(=O)n1CC[NH+]1CCOCC1)c1ccccc1. The summed E-state index contributed by atoms with van der Waals surface area (Å²) in [7, 11) is 0. The molecule has 0 saturated carbocycles. The smallest absolute Gasteiger partial charge is 0.272 e. The summed E-state index contributed by atoms with van der Waals surface area (Å²) in [6.45, 7) is 4.78. The van der Waals surface area contributed by atoms with E-state index >= 15 is 0 Å². The number of fused-ring (bicyclic) bond motifs is 1. The third-order valence-electron chi connectivity index (χ3n) is 5.97. The van der Waals surface area contributed by atoms with E-state index in [0.29, 0.717) is 27.5 Å². The van der Waals surface area contributed by atoms with Crippen LogP contribution in [0.2, 0.25) is 0 Å². The number of nitrogens with one attached hydrogen (secondary N) is 1. The van der Waals surface area contributed by atoms with Gasteiger partial charge in [0.15, 0.2) is 10.9 Å². The number of ether oxygens (including phenoxy) is 1. The van der Waals surface area contributed by atoms with Crippen molar-refractivity contribution in [1.29, 1.82) is 0 Å². The molecule has 0 amide bonds. The summed E-state index contributed by atoms with van der Waals surface area (Å²) >= 11 is 2.83.